The lowest BCUT2D eigenvalue weighted by atomic mass is 10.3. The summed E-state index contributed by atoms with van der Waals surface area (Å²) in [5.41, 5.74) is 1.32. The molecule has 19 heavy (non-hydrogen) atoms. The van der Waals surface area contributed by atoms with Gasteiger partial charge in [-0.05, 0) is 35.3 Å². The summed E-state index contributed by atoms with van der Waals surface area (Å²) in [4.78, 5) is 21.5. The molecule has 0 saturated carbocycles. The van der Waals surface area contributed by atoms with Crippen LogP contribution in [0.15, 0.2) is 16.7 Å². The average molecular weight is 361 g/mol. The summed E-state index contributed by atoms with van der Waals surface area (Å²) < 4.78 is 0.701. The zero-order valence-electron chi connectivity index (χ0n) is 10.3. The Morgan fingerprint density at radius 2 is 2.32 bits per heavy atom. The fourth-order valence-corrected chi connectivity index (χ4v) is 2.97. The van der Waals surface area contributed by atoms with Crippen molar-refractivity contribution in [2.45, 2.75) is 20.3 Å². The van der Waals surface area contributed by atoms with Crippen molar-refractivity contribution in [3.05, 3.63) is 38.0 Å². The van der Waals surface area contributed by atoms with Crippen molar-refractivity contribution in [3.63, 3.8) is 0 Å². The third-order valence-electron chi connectivity index (χ3n) is 2.50. The van der Waals surface area contributed by atoms with Gasteiger partial charge in [0.1, 0.15) is 5.15 Å². The number of nitrogens with one attached hydrogen (secondary N) is 1. The quantitative estimate of drug-likeness (QED) is 0.839. The van der Waals surface area contributed by atoms with Gasteiger partial charge in [0.15, 0.2) is 5.13 Å². The number of thiazole rings is 1. The molecule has 0 aliphatic rings. The first-order chi connectivity index (χ1) is 9.01. The molecule has 4 nitrogen and oxygen atoms in total. The van der Waals surface area contributed by atoms with Crippen molar-refractivity contribution in [2.24, 2.45) is 0 Å². The molecule has 1 amide bonds. The van der Waals surface area contributed by atoms with Crippen molar-refractivity contribution >= 4 is 49.9 Å². The van der Waals surface area contributed by atoms with Crippen molar-refractivity contribution in [2.75, 3.05) is 5.32 Å². The van der Waals surface area contributed by atoms with Gasteiger partial charge in [0.25, 0.3) is 5.91 Å². The van der Waals surface area contributed by atoms with Gasteiger partial charge in [0.05, 0.1) is 11.3 Å². The molecular formula is C12H11BrClN3OS. The number of hydrogen-bond acceptors (Lipinski definition) is 4. The Kier molecular flexibility index (Phi) is 4.54. The summed E-state index contributed by atoms with van der Waals surface area (Å²) in [5.74, 6) is -0.310. The number of amides is 1. The fourth-order valence-electron chi connectivity index (χ4n) is 1.56. The van der Waals surface area contributed by atoms with Gasteiger partial charge in [0.2, 0.25) is 0 Å². The molecule has 0 saturated heterocycles. The molecule has 0 atom stereocenters. The summed E-state index contributed by atoms with van der Waals surface area (Å²) in [6.45, 7) is 4.02. The van der Waals surface area contributed by atoms with E-state index in [-0.39, 0.29) is 11.1 Å². The zero-order chi connectivity index (χ0) is 14.0. The van der Waals surface area contributed by atoms with Crippen molar-refractivity contribution in [1.82, 2.24) is 9.97 Å². The lowest BCUT2D eigenvalue weighted by Crippen LogP contribution is -2.13. The van der Waals surface area contributed by atoms with Crippen LogP contribution >= 0.6 is 38.9 Å². The van der Waals surface area contributed by atoms with Gasteiger partial charge in [-0.3, -0.25) is 10.1 Å². The first-order valence-electron chi connectivity index (χ1n) is 5.60. The van der Waals surface area contributed by atoms with Gasteiger partial charge in [0, 0.05) is 15.5 Å². The Balaban J connectivity index is 2.22. The minimum Gasteiger partial charge on any atom is -0.298 e. The number of aryl methyl sites for hydroxylation is 2. The van der Waals surface area contributed by atoms with Crippen LogP contribution in [0.3, 0.4) is 0 Å². The van der Waals surface area contributed by atoms with Crippen LogP contribution in [0.25, 0.3) is 0 Å². The van der Waals surface area contributed by atoms with E-state index >= 15 is 0 Å². The summed E-state index contributed by atoms with van der Waals surface area (Å²) >= 11 is 10.6. The Morgan fingerprint density at radius 3 is 2.95 bits per heavy atom. The molecular weight excluding hydrogens is 350 g/mol. The van der Waals surface area contributed by atoms with E-state index in [9.17, 15) is 4.79 Å². The number of halogens is 2. The summed E-state index contributed by atoms with van der Waals surface area (Å²) in [7, 11) is 0. The highest BCUT2D eigenvalue weighted by molar-refractivity contribution is 9.10. The highest BCUT2D eigenvalue weighted by atomic mass is 79.9. The molecule has 7 heteroatoms. The highest BCUT2D eigenvalue weighted by Crippen LogP contribution is 2.24. The van der Waals surface area contributed by atoms with Crippen LogP contribution in [0.1, 0.15) is 27.9 Å². The zero-order valence-corrected chi connectivity index (χ0v) is 13.5. The predicted octanol–water partition coefficient (Wildman–Crippen LogP) is 4.08. The Labute approximate surface area is 128 Å². The number of rotatable bonds is 3. The number of pyridine rings is 1. The van der Waals surface area contributed by atoms with E-state index in [2.05, 4.69) is 31.2 Å². The van der Waals surface area contributed by atoms with E-state index in [1.54, 1.807) is 12.3 Å². The summed E-state index contributed by atoms with van der Waals surface area (Å²) in [6.07, 6.45) is 2.39. The number of anilines is 1. The second-order valence-corrected chi connectivity index (χ2v) is 6.30. The molecule has 1 N–H and O–H groups in total. The summed E-state index contributed by atoms with van der Waals surface area (Å²) in [6, 6.07) is 1.63. The van der Waals surface area contributed by atoms with Crippen LogP contribution in [0.2, 0.25) is 5.15 Å². The largest absolute Gasteiger partial charge is 0.298 e. The predicted molar refractivity (Wildman–Crippen MR) is 81.1 cm³/mol. The molecule has 2 heterocycles. The molecule has 0 aliphatic heterocycles. The van der Waals surface area contributed by atoms with Crippen LogP contribution in [0.5, 0.6) is 0 Å². The molecule has 100 valence electrons. The van der Waals surface area contributed by atoms with Gasteiger partial charge in [-0.25, -0.2) is 9.97 Å². The van der Waals surface area contributed by atoms with Crippen molar-refractivity contribution < 1.29 is 4.79 Å². The van der Waals surface area contributed by atoms with Crippen LogP contribution in [0.4, 0.5) is 5.13 Å². The maximum atomic E-state index is 12.1. The average Bonchev–Trinajstić information content (AvgIpc) is 2.72. The third kappa shape index (κ3) is 3.32. The monoisotopic (exact) mass is 359 g/mol. The number of nitrogens with zero attached hydrogens (tertiary/aromatic N) is 2. The molecule has 0 spiro atoms. The van der Waals surface area contributed by atoms with Crippen LogP contribution in [0, 0.1) is 6.92 Å². The topological polar surface area (TPSA) is 54.9 Å². The molecule has 2 aromatic rings. The van der Waals surface area contributed by atoms with Crippen LogP contribution in [-0.4, -0.2) is 15.9 Å². The highest BCUT2D eigenvalue weighted by Gasteiger charge is 2.15. The first kappa shape index (κ1) is 14.4. The molecule has 0 bridgehead atoms. The first-order valence-corrected chi connectivity index (χ1v) is 7.58. The lowest BCUT2D eigenvalue weighted by molar-refractivity contribution is 0.102. The van der Waals surface area contributed by atoms with Crippen LogP contribution in [-0.2, 0) is 6.42 Å². The van der Waals surface area contributed by atoms with Gasteiger partial charge >= 0.3 is 0 Å². The van der Waals surface area contributed by atoms with Crippen molar-refractivity contribution in [1.29, 1.82) is 0 Å². The van der Waals surface area contributed by atoms with E-state index in [0.717, 1.165) is 17.0 Å². The minimum absolute atomic E-state index is 0.171. The third-order valence-corrected chi connectivity index (χ3v) is 4.16. The number of hydrogen-bond donors (Lipinski definition) is 1. The smallest absolute Gasteiger partial charge is 0.260 e. The maximum Gasteiger partial charge on any atom is 0.260 e. The number of carbonyl (C=O) groups is 1. The Hall–Kier alpha value is -0.980. The Bertz CT molecular complexity index is 629. The van der Waals surface area contributed by atoms with Gasteiger partial charge in [-0.1, -0.05) is 18.5 Å². The van der Waals surface area contributed by atoms with Gasteiger partial charge < -0.3 is 0 Å². The maximum absolute atomic E-state index is 12.1. The van der Waals surface area contributed by atoms with E-state index in [0.29, 0.717) is 15.2 Å². The van der Waals surface area contributed by atoms with Crippen LogP contribution < -0.4 is 5.32 Å². The molecule has 0 unspecified atom stereocenters. The van der Waals surface area contributed by atoms with E-state index in [1.807, 2.05) is 13.8 Å². The number of aromatic nitrogens is 2. The molecule has 2 aromatic heterocycles. The SMILES string of the molecule is CCc1nc(NC(=O)c2cc(Br)cnc2Cl)sc1C. The fraction of sp³-hybridized carbons (Fsp3) is 0.250. The standard InChI is InChI=1S/C12H11BrClN3OS/c1-3-9-6(2)19-12(16-9)17-11(18)8-4-7(13)5-15-10(8)14/h4-5H,3H2,1-2H3,(H,16,17,18). The van der Waals surface area contributed by atoms with E-state index < -0.39 is 0 Å². The molecule has 2 rings (SSSR count). The molecule has 0 aromatic carbocycles. The normalized spacial score (nSPS) is 10.5. The molecule has 0 fully saturated rings. The van der Waals surface area contributed by atoms with E-state index in [1.165, 1.54) is 11.3 Å². The van der Waals surface area contributed by atoms with E-state index in [4.69, 9.17) is 11.6 Å². The van der Waals surface area contributed by atoms with Gasteiger partial charge in [-0.15, -0.1) is 11.3 Å². The summed E-state index contributed by atoms with van der Waals surface area (Å²) in [5, 5.41) is 3.50. The second-order valence-electron chi connectivity index (χ2n) is 3.82. The number of carbonyl (C=O) groups excluding carboxylic acids is 1. The minimum atomic E-state index is -0.310. The molecule has 0 radical (unpaired) electrons. The second kappa shape index (κ2) is 5.98. The Morgan fingerprint density at radius 1 is 1.58 bits per heavy atom. The van der Waals surface area contributed by atoms with Gasteiger partial charge in [-0.2, -0.15) is 0 Å². The van der Waals surface area contributed by atoms with Crippen molar-refractivity contribution in [3.8, 4) is 0 Å². The molecule has 0 aliphatic carbocycles. The lowest BCUT2D eigenvalue weighted by Gasteiger charge is -2.03.